The van der Waals surface area contributed by atoms with Crippen LogP contribution in [0.25, 0.3) is 0 Å². The number of carbonyl (C=O) groups is 1. The molecule has 4 N–H and O–H groups in total. The molecule has 3 aliphatic heterocycles. The van der Waals surface area contributed by atoms with Gasteiger partial charge >= 0.3 is 0 Å². The first kappa shape index (κ1) is 16.3. The molecule has 1 spiro atoms. The van der Waals surface area contributed by atoms with Gasteiger partial charge in [-0.15, -0.1) is 0 Å². The van der Waals surface area contributed by atoms with E-state index in [-0.39, 0.29) is 36.5 Å². The summed E-state index contributed by atoms with van der Waals surface area (Å²) in [5.41, 5.74) is -2.04. The number of thioether (sulfide) groups is 1. The number of hydrogen-bond acceptors (Lipinski definition) is 8. The molecule has 4 fully saturated rings. The number of ether oxygens (including phenoxy) is 2. The van der Waals surface area contributed by atoms with Gasteiger partial charge in [0, 0.05) is 29.3 Å². The fourth-order valence-electron chi connectivity index (χ4n) is 4.31. The van der Waals surface area contributed by atoms with Crippen LogP contribution < -0.4 is 0 Å². The third kappa shape index (κ3) is 2.03. The highest BCUT2D eigenvalue weighted by atomic mass is 32.2. The molecule has 4 rings (SSSR count). The van der Waals surface area contributed by atoms with Gasteiger partial charge in [0.1, 0.15) is 6.10 Å². The average molecular weight is 346 g/mol. The second-order valence-electron chi connectivity index (χ2n) is 7.29. The first-order chi connectivity index (χ1) is 10.8. The molecule has 130 valence electrons. The predicted octanol–water partition coefficient (Wildman–Crippen LogP) is -1.34. The van der Waals surface area contributed by atoms with Gasteiger partial charge in [0.25, 0.3) is 0 Å². The molecule has 0 radical (unpaired) electrons. The van der Waals surface area contributed by atoms with Crippen molar-refractivity contribution in [3.05, 3.63) is 0 Å². The van der Waals surface area contributed by atoms with E-state index in [0.717, 1.165) is 0 Å². The maximum atomic E-state index is 12.9. The molecule has 0 bridgehead atoms. The van der Waals surface area contributed by atoms with E-state index in [1.54, 1.807) is 0 Å². The second kappa shape index (κ2) is 5.14. The maximum Gasteiger partial charge on any atom is 0.235 e. The Morgan fingerprint density at radius 2 is 2.00 bits per heavy atom. The van der Waals surface area contributed by atoms with Crippen LogP contribution in [0.2, 0.25) is 0 Å². The van der Waals surface area contributed by atoms with E-state index in [9.17, 15) is 25.2 Å². The van der Waals surface area contributed by atoms with E-state index in [2.05, 4.69) is 0 Å². The van der Waals surface area contributed by atoms with E-state index in [1.807, 2.05) is 6.92 Å². The largest absolute Gasteiger partial charge is 0.393 e. The minimum atomic E-state index is -2.04. The van der Waals surface area contributed by atoms with Crippen molar-refractivity contribution in [2.24, 2.45) is 11.8 Å². The lowest BCUT2D eigenvalue weighted by Gasteiger charge is -2.42. The number of aliphatic hydroxyl groups excluding tert-OH is 3. The number of rotatable bonds is 0. The van der Waals surface area contributed by atoms with Crippen molar-refractivity contribution in [1.82, 2.24) is 0 Å². The zero-order chi connectivity index (χ0) is 16.6. The summed E-state index contributed by atoms with van der Waals surface area (Å²) in [4.78, 5) is 12.9. The summed E-state index contributed by atoms with van der Waals surface area (Å²) in [6.45, 7) is 1.96. The van der Waals surface area contributed by atoms with Gasteiger partial charge in [0.2, 0.25) is 11.6 Å². The molecule has 9 atom stereocenters. The molecule has 1 aliphatic carbocycles. The standard InChI is InChI=1S/C15H22O7S/c1-6-4-21-14(3-8(6)16)13(19)15(20)10(18)2-7-9(17)5-23-11(7)12(15)22-14/h6-12,16-18,20H,2-5H2,1H3/t6-,7-,8+,9+,10+,11+,12-,14+,15-/m1/s1. The van der Waals surface area contributed by atoms with Gasteiger partial charge in [0.15, 0.2) is 5.60 Å². The van der Waals surface area contributed by atoms with Gasteiger partial charge < -0.3 is 29.9 Å². The van der Waals surface area contributed by atoms with Crippen LogP contribution in [0.3, 0.4) is 0 Å². The minimum absolute atomic E-state index is 0.0524. The summed E-state index contributed by atoms with van der Waals surface area (Å²) in [7, 11) is 0. The molecule has 0 amide bonds. The Hall–Kier alpha value is -0.220. The molecule has 0 aromatic carbocycles. The van der Waals surface area contributed by atoms with Crippen molar-refractivity contribution in [2.45, 2.75) is 60.8 Å². The molecular formula is C15H22O7S. The van der Waals surface area contributed by atoms with Crippen molar-refractivity contribution in [3.63, 3.8) is 0 Å². The van der Waals surface area contributed by atoms with Gasteiger partial charge in [-0.2, -0.15) is 11.8 Å². The number of fused-ring (bicyclic) bond motifs is 3. The molecule has 8 heteroatoms. The summed E-state index contributed by atoms with van der Waals surface area (Å²) < 4.78 is 11.5. The van der Waals surface area contributed by atoms with Gasteiger partial charge in [0.05, 0.1) is 24.9 Å². The van der Waals surface area contributed by atoms with E-state index < -0.39 is 41.6 Å². The van der Waals surface area contributed by atoms with E-state index in [0.29, 0.717) is 5.75 Å². The second-order valence-corrected chi connectivity index (χ2v) is 8.50. The Morgan fingerprint density at radius 1 is 1.26 bits per heavy atom. The van der Waals surface area contributed by atoms with E-state index >= 15 is 0 Å². The van der Waals surface area contributed by atoms with Crippen LogP contribution in [-0.2, 0) is 14.3 Å². The SMILES string of the molecule is C[C@@H]1CO[C@@]2(C[C@@H]1O)O[C@@H]1[C@H]3SC[C@H](O)[C@H]3C[C@H](O)[C@]1(O)C2=O. The number of ketones is 1. The zero-order valence-electron chi connectivity index (χ0n) is 12.8. The maximum absolute atomic E-state index is 12.9. The van der Waals surface area contributed by atoms with Crippen LogP contribution in [0.4, 0.5) is 0 Å². The van der Waals surface area contributed by atoms with Gasteiger partial charge in [-0.25, -0.2) is 0 Å². The first-order valence-electron chi connectivity index (χ1n) is 8.04. The van der Waals surface area contributed by atoms with Crippen molar-refractivity contribution in [2.75, 3.05) is 12.4 Å². The van der Waals surface area contributed by atoms with Crippen molar-refractivity contribution < 1.29 is 34.7 Å². The molecule has 0 aromatic heterocycles. The lowest BCUT2D eigenvalue weighted by atomic mass is 9.70. The third-order valence-corrected chi connectivity index (χ3v) is 7.37. The van der Waals surface area contributed by atoms with E-state index in [4.69, 9.17) is 9.47 Å². The Kier molecular flexibility index (Phi) is 3.63. The van der Waals surface area contributed by atoms with Crippen LogP contribution in [0, 0.1) is 11.8 Å². The summed E-state index contributed by atoms with van der Waals surface area (Å²) in [6, 6.07) is 0. The molecule has 3 heterocycles. The van der Waals surface area contributed by atoms with Crippen molar-refractivity contribution in [3.8, 4) is 0 Å². The normalized spacial score (nSPS) is 59.2. The van der Waals surface area contributed by atoms with Gasteiger partial charge in [-0.1, -0.05) is 6.92 Å². The predicted molar refractivity (Wildman–Crippen MR) is 79.7 cm³/mol. The lowest BCUT2D eigenvalue weighted by Crippen LogP contribution is -2.64. The summed E-state index contributed by atoms with van der Waals surface area (Å²) in [5, 5.41) is 41.3. The molecule has 4 aliphatic rings. The Bertz CT molecular complexity index is 530. The fourth-order valence-corrected chi connectivity index (χ4v) is 5.95. The van der Waals surface area contributed by atoms with Gasteiger partial charge in [-0.3, -0.25) is 4.79 Å². The molecule has 1 saturated carbocycles. The zero-order valence-corrected chi connectivity index (χ0v) is 13.6. The van der Waals surface area contributed by atoms with Gasteiger partial charge in [-0.05, 0) is 6.42 Å². The molecular weight excluding hydrogens is 324 g/mol. The Labute approximate surface area is 138 Å². The number of aliphatic hydroxyl groups is 4. The van der Waals surface area contributed by atoms with Crippen LogP contribution in [0.1, 0.15) is 19.8 Å². The molecule has 3 saturated heterocycles. The summed E-state index contributed by atoms with van der Waals surface area (Å²) >= 11 is 1.45. The van der Waals surface area contributed by atoms with Crippen LogP contribution in [0.5, 0.6) is 0 Å². The lowest BCUT2D eigenvalue weighted by molar-refractivity contribution is -0.266. The van der Waals surface area contributed by atoms with Crippen LogP contribution in [0.15, 0.2) is 0 Å². The average Bonchev–Trinajstić information content (AvgIpc) is 2.97. The highest BCUT2D eigenvalue weighted by Crippen LogP contribution is 2.54. The smallest absolute Gasteiger partial charge is 0.235 e. The quantitative estimate of drug-likeness (QED) is 0.426. The van der Waals surface area contributed by atoms with Crippen molar-refractivity contribution >= 4 is 17.5 Å². The summed E-state index contributed by atoms with van der Waals surface area (Å²) in [5.74, 6) is -2.27. The van der Waals surface area contributed by atoms with Crippen LogP contribution >= 0.6 is 11.8 Å². The topological polar surface area (TPSA) is 116 Å². The number of carbonyl (C=O) groups excluding carboxylic acids is 1. The highest BCUT2D eigenvalue weighted by molar-refractivity contribution is 8.00. The molecule has 7 nitrogen and oxygen atoms in total. The molecule has 23 heavy (non-hydrogen) atoms. The number of hydrogen-bond donors (Lipinski definition) is 4. The Balaban J connectivity index is 1.70. The van der Waals surface area contributed by atoms with E-state index in [1.165, 1.54) is 11.8 Å². The summed E-state index contributed by atoms with van der Waals surface area (Å²) in [6.07, 6.45) is -3.51. The monoisotopic (exact) mass is 346 g/mol. The first-order valence-corrected chi connectivity index (χ1v) is 9.09. The number of Topliss-reactive ketones (excluding diaryl/α,β-unsaturated/α-hetero) is 1. The van der Waals surface area contributed by atoms with Crippen LogP contribution in [-0.4, -0.2) is 79.6 Å². The third-order valence-electron chi connectivity index (χ3n) is 5.85. The fraction of sp³-hybridized carbons (Fsp3) is 0.933. The molecule has 0 aromatic rings. The highest BCUT2D eigenvalue weighted by Gasteiger charge is 2.73. The molecule has 0 unspecified atom stereocenters. The minimum Gasteiger partial charge on any atom is -0.393 e. The van der Waals surface area contributed by atoms with Crippen molar-refractivity contribution in [1.29, 1.82) is 0 Å². The Morgan fingerprint density at radius 3 is 2.70 bits per heavy atom.